The zero-order chi connectivity index (χ0) is 20.5. The van der Waals surface area contributed by atoms with Crippen LogP contribution in [0.1, 0.15) is 17.9 Å². The van der Waals surface area contributed by atoms with Crippen molar-refractivity contribution in [3.8, 4) is 0 Å². The van der Waals surface area contributed by atoms with Gasteiger partial charge in [0.1, 0.15) is 16.8 Å². The first kappa shape index (κ1) is 19.9. The van der Waals surface area contributed by atoms with E-state index in [4.69, 9.17) is 4.52 Å². The summed E-state index contributed by atoms with van der Waals surface area (Å²) in [6.45, 7) is 4.27. The number of rotatable bonds is 6. The summed E-state index contributed by atoms with van der Waals surface area (Å²) in [5.41, 5.74) is 0.311. The Morgan fingerprint density at radius 1 is 1.29 bits per heavy atom. The summed E-state index contributed by atoms with van der Waals surface area (Å²) in [5.74, 6) is -0.179. The molecule has 152 valence electrons. The van der Waals surface area contributed by atoms with Gasteiger partial charge >= 0.3 is 5.82 Å². The zero-order valence-electron chi connectivity index (χ0n) is 15.4. The fourth-order valence-electron chi connectivity index (χ4n) is 3.10. The average molecular weight is 412 g/mol. The van der Waals surface area contributed by atoms with E-state index in [2.05, 4.69) is 10.1 Å². The summed E-state index contributed by atoms with van der Waals surface area (Å²) < 4.78 is 33.3. The lowest BCUT2D eigenvalue weighted by Gasteiger charge is -2.34. The quantitative estimate of drug-likeness (QED) is 0.487. The van der Waals surface area contributed by atoms with E-state index in [1.807, 2.05) is 0 Å². The van der Waals surface area contributed by atoms with Gasteiger partial charge in [0, 0.05) is 39.1 Å². The summed E-state index contributed by atoms with van der Waals surface area (Å²) >= 11 is 0. The Bertz CT molecular complexity index is 969. The van der Waals surface area contributed by atoms with Gasteiger partial charge in [-0.3, -0.25) is 4.79 Å². The van der Waals surface area contributed by atoms with Crippen molar-refractivity contribution in [2.75, 3.05) is 26.2 Å². The minimum absolute atomic E-state index is 0.0778. The standard InChI is InChI=1S/C15H20N6O6S/c1-11-15(12(2)27-17-11)28(25,26)20-7-5-19(6-8-20)14(22)3-4-18-9-13(16-10-18)21(23)24/h9-10H,3-8H2,1-2H3. The molecule has 1 aliphatic rings. The maximum atomic E-state index is 12.8. The molecule has 2 aromatic heterocycles. The maximum Gasteiger partial charge on any atom is 0.381 e. The molecular formula is C15H20N6O6S. The van der Waals surface area contributed by atoms with Crippen LogP contribution in [0, 0.1) is 24.0 Å². The monoisotopic (exact) mass is 412 g/mol. The third-order valence-electron chi connectivity index (χ3n) is 4.55. The van der Waals surface area contributed by atoms with Crippen LogP contribution in [0.3, 0.4) is 0 Å². The molecular weight excluding hydrogens is 392 g/mol. The van der Waals surface area contributed by atoms with Gasteiger partial charge in [0.2, 0.25) is 22.3 Å². The normalized spacial score (nSPS) is 15.7. The highest BCUT2D eigenvalue weighted by Crippen LogP contribution is 2.24. The van der Waals surface area contributed by atoms with E-state index in [0.29, 0.717) is 5.69 Å². The molecule has 0 unspecified atom stereocenters. The Morgan fingerprint density at radius 2 is 1.96 bits per heavy atom. The first-order chi connectivity index (χ1) is 13.2. The number of aryl methyl sites for hydroxylation is 3. The van der Waals surface area contributed by atoms with Crippen molar-refractivity contribution in [3.05, 3.63) is 34.1 Å². The number of carbonyl (C=O) groups is 1. The Labute approximate surface area is 160 Å². The number of nitro groups is 1. The van der Waals surface area contributed by atoms with E-state index in [1.165, 1.54) is 21.4 Å². The Kier molecular flexibility index (Phi) is 5.47. The second kappa shape index (κ2) is 7.67. The van der Waals surface area contributed by atoms with Crippen LogP contribution >= 0.6 is 0 Å². The molecule has 1 fully saturated rings. The SMILES string of the molecule is Cc1noc(C)c1S(=O)(=O)N1CCN(C(=O)CCn2cnc([N+](=O)[O-])c2)CC1. The molecule has 0 aliphatic carbocycles. The summed E-state index contributed by atoms with van der Waals surface area (Å²) in [4.78, 5) is 27.7. The van der Waals surface area contributed by atoms with Gasteiger partial charge in [-0.1, -0.05) is 5.16 Å². The number of piperazine rings is 1. The fraction of sp³-hybridized carbons (Fsp3) is 0.533. The van der Waals surface area contributed by atoms with Crippen molar-refractivity contribution in [1.29, 1.82) is 0 Å². The van der Waals surface area contributed by atoms with Gasteiger partial charge in [-0.15, -0.1) is 0 Å². The van der Waals surface area contributed by atoms with E-state index in [-0.39, 0.29) is 61.5 Å². The molecule has 0 aromatic carbocycles. The number of amides is 1. The minimum Gasteiger partial charge on any atom is -0.360 e. The molecule has 0 saturated carbocycles. The smallest absolute Gasteiger partial charge is 0.360 e. The van der Waals surface area contributed by atoms with Gasteiger partial charge in [0.15, 0.2) is 5.76 Å². The molecule has 3 rings (SSSR count). The predicted octanol–water partition coefficient (Wildman–Crippen LogP) is 0.319. The lowest BCUT2D eigenvalue weighted by Crippen LogP contribution is -2.50. The molecule has 13 heteroatoms. The van der Waals surface area contributed by atoms with Crippen LogP contribution in [0.25, 0.3) is 0 Å². The van der Waals surface area contributed by atoms with Crippen LogP contribution in [0.5, 0.6) is 0 Å². The molecule has 12 nitrogen and oxygen atoms in total. The predicted molar refractivity (Wildman–Crippen MR) is 94.8 cm³/mol. The highest BCUT2D eigenvalue weighted by atomic mass is 32.2. The highest BCUT2D eigenvalue weighted by molar-refractivity contribution is 7.89. The van der Waals surface area contributed by atoms with E-state index >= 15 is 0 Å². The molecule has 1 aliphatic heterocycles. The first-order valence-electron chi connectivity index (χ1n) is 8.57. The van der Waals surface area contributed by atoms with Crippen molar-refractivity contribution >= 4 is 21.7 Å². The van der Waals surface area contributed by atoms with Crippen molar-refractivity contribution in [2.45, 2.75) is 31.7 Å². The van der Waals surface area contributed by atoms with Gasteiger partial charge in [0.25, 0.3) is 0 Å². The Hall–Kier alpha value is -2.80. The number of imidazole rings is 1. The van der Waals surface area contributed by atoms with Crippen molar-refractivity contribution in [1.82, 2.24) is 23.9 Å². The van der Waals surface area contributed by atoms with Gasteiger partial charge in [0.05, 0.1) is 0 Å². The number of hydrogen-bond donors (Lipinski definition) is 0. The number of aromatic nitrogens is 3. The molecule has 0 spiro atoms. The second-order valence-corrected chi connectivity index (χ2v) is 8.29. The number of hydrogen-bond acceptors (Lipinski definition) is 8. The van der Waals surface area contributed by atoms with Crippen molar-refractivity contribution in [2.24, 2.45) is 0 Å². The molecule has 1 saturated heterocycles. The summed E-state index contributed by atoms with van der Waals surface area (Å²) in [6.07, 6.45) is 2.71. The largest absolute Gasteiger partial charge is 0.381 e. The van der Waals surface area contributed by atoms with Gasteiger partial charge in [-0.25, -0.2) is 8.42 Å². The van der Waals surface area contributed by atoms with Gasteiger partial charge in [-0.05, 0) is 23.8 Å². The van der Waals surface area contributed by atoms with Crippen LogP contribution in [0.4, 0.5) is 5.82 Å². The van der Waals surface area contributed by atoms with Crippen molar-refractivity contribution in [3.63, 3.8) is 0 Å². The summed E-state index contributed by atoms with van der Waals surface area (Å²) in [7, 11) is -3.73. The zero-order valence-corrected chi connectivity index (χ0v) is 16.3. The Balaban J connectivity index is 1.56. The summed E-state index contributed by atoms with van der Waals surface area (Å²) in [6, 6.07) is 0. The van der Waals surface area contributed by atoms with Crippen LogP contribution < -0.4 is 0 Å². The Morgan fingerprint density at radius 3 is 2.50 bits per heavy atom. The van der Waals surface area contributed by atoms with Gasteiger partial charge in [-0.2, -0.15) is 4.31 Å². The lowest BCUT2D eigenvalue weighted by molar-refractivity contribution is -0.389. The molecule has 2 aromatic rings. The second-order valence-electron chi connectivity index (χ2n) is 6.41. The van der Waals surface area contributed by atoms with Crippen LogP contribution in [-0.4, -0.2) is 69.3 Å². The highest BCUT2D eigenvalue weighted by Gasteiger charge is 2.34. The molecule has 0 radical (unpaired) electrons. The van der Waals surface area contributed by atoms with E-state index in [9.17, 15) is 23.3 Å². The van der Waals surface area contributed by atoms with Crippen LogP contribution in [0.2, 0.25) is 0 Å². The topological polar surface area (TPSA) is 145 Å². The molecule has 0 atom stereocenters. The van der Waals surface area contributed by atoms with Crippen LogP contribution in [0.15, 0.2) is 21.9 Å². The lowest BCUT2D eigenvalue weighted by atomic mass is 10.3. The molecule has 0 bridgehead atoms. The molecule has 1 amide bonds. The van der Waals surface area contributed by atoms with E-state index in [1.54, 1.807) is 18.7 Å². The third-order valence-corrected chi connectivity index (χ3v) is 6.69. The number of nitrogens with zero attached hydrogens (tertiary/aromatic N) is 6. The van der Waals surface area contributed by atoms with E-state index in [0.717, 1.165) is 0 Å². The minimum atomic E-state index is -3.73. The molecule has 28 heavy (non-hydrogen) atoms. The van der Waals surface area contributed by atoms with Crippen LogP contribution in [-0.2, 0) is 21.4 Å². The third kappa shape index (κ3) is 3.89. The summed E-state index contributed by atoms with van der Waals surface area (Å²) in [5, 5.41) is 14.3. The average Bonchev–Trinajstić information content (AvgIpc) is 3.26. The number of sulfonamides is 1. The van der Waals surface area contributed by atoms with E-state index < -0.39 is 14.9 Å². The van der Waals surface area contributed by atoms with Crippen molar-refractivity contribution < 1.29 is 22.7 Å². The molecule has 3 heterocycles. The maximum absolute atomic E-state index is 12.8. The first-order valence-corrected chi connectivity index (χ1v) is 10.0. The van der Waals surface area contributed by atoms with Gasteiger partial charge < -0.3 is 24.1 Å². The molecule has 0 N–H and O–H groups in total. The fourth-order valence-corrected chi connectivity index (χ4v) is 4.81. The number of carbonyl (C=O) groups excluding carboxylic acids is 1.